The Morgan fingerprint density at radius 1 is 1.22 bits per heavy atom. The number of morpholine rings is 1. The fraction of sp³-hybridized carbons (Fsp3) is 0.381. The van der Waals surface area contributed by atoms with Crippen LogP contribution in [0.5, 0.6) is 5.75 Å². The van der Waals surface area contributed by atoms with Gasteiger partial charge >= 0.3 is 12.6 Å². The third-order valence-corrected chi connectivity index (χ3v) is 5.58. The lowest BCUT2D eigenvalue weighted by Gasteiger charge is -2.26. The van der Waals surface area contributed by atoms with E-state index < -0.39 is 18.1 Å². The number of hydrogen-bond acceptors (Lipinski definition) is 7. The van der Waals surface area contributed by atoms with Gasteiger partial charge in [-0.1, -0.05) is 12.1 Å². The van der Waals surface area contributed by atoms with Gasteiger partial charge in [0, 0.05) is 13.1 Å². The van der Waals surface area contributed by atoms with Crippen LogP contribution < -0.4 is 19.5 Å². The Morgan fingerprint density at radius 3 is 2.53 bits per heavy atom. The smallest absolute Gasteiger partial charge is 0.387 e. The standard InChI is InChI=1S/C21H22F2N2O6S/c1-2-30-19(27)12-18-25(13-17(26)24-7-9-29-10-8-24)20(28)16(32-18)11-14-3-5-15(6-4-14)31-21(22)23/h3-6,11-12,21H,2,7-10,13H2,1H3. The Kier molecular flexibility index (Phi) is 8.12. The Labute approximate surface area is 185 Å². The topological polar surface area (TPSA) is 87.1 Å². The van der Waals surface area contributed by atoms with Crippen molar-refractivity contribution in [3.05, 3.63) is 49.4 Å². The SMILES string of the molecule is CCOC(=O)C=c1sc(=Cc2ccc(OC(F)F)cc2)c(=O)n1CC(=O)N1CCOCC1. The lowest BCUT2D eigenvalue weighted by Crippen LogP contribution is -2.45. The van der Waals surface area contributed by atoms with E-state index >= 15 is 0 Å². The molecule has 0 atom stereocenters. The molecule has 1 aromatic carbocycles. The summed E-state index contributed by atoms with van der Waals surface area (Å²) >= 11 is 1.03. The number of esters is 1. The molecule has 0 radical (unpaired) electrons. The van der Waals surface area contributed by atoms with E-state index in [2.05, 4.69) is 4.74 Å². The number of carbonyl (C=O) groups is 2. The monoisotopic (exact) mass is 468 g/mol. The zero-order valence-corrected chi connectivity index (χ0v) is 18.1. The number of nitrogens with zero attached hydrogens (tertiary/aromatic N) is 2. The molecule has 1 aliphatic heterocycles. The summed E-state index contributed by atoms with van der Waals surface area (Å²) in [5.74, 6) is -0.888. The summed E-state index contributed by atoms with van der Waals surface area (Å²) in [6.45, 7) is 0.391. The second-order valence-electron chi connectivity index (χ2n) is 6.68. The second-order valence-corrected chi connectivity index (χ2v) is 7.74. The summed E-state index contributed by atoms with van der Waals surface area (Å²) in [7, 11) is 0. The van der Waals surface area contributed by atoms with Gasteiger partial charge in [-0.3, -0.25) is 14.2 Å². The number of carbonyl (C=O) groups excluding carboxylic acids is 2. The van der Waals surface area contributed by atoms with Crippen LogP contribution in [0.4, 0.5) is 8.78 Å². The number of halogens is 2. The number of rotatable bonds is 7. The molecule has 1 aliphatic rings. The van der Waals surface area contributed by atoms with Crippen LogP contribution in [0.25, 0.3) is 12.2 Å². The highest BCUT2D eigenvalue weighted by atomic mass is 32.1. The first-order valence-corrected chi connectivity index (χ1v) is 10.7. The molecule has 2 heterocycles. The Morgan fingerprint density at radius 2 is 1.91 bits per heavy atom. The van der Waals surface area contributed by atoms with E-state index in [0.717, 1.165) is 11.3 Å². The number of ether oxygens (including phenoxy) is 3. The zero-order valence-electron chi connectivity index (χ0n) is 17.3. The van der Waals surface area contributed by atoms with Crippen LogP contribution in [0.2, 0.25) is 0 Å². The van der Waals surface area contributed by atoms with Gasteiger partial charge in [-0.15, -0.1) is 11.3 Å². The molecule has 0 saturated carbocycles. The molecule has 11 heteroatoms. The van der Waals surface area contributed by atoms with E-state index in [0.29, 0.717) is 31.9 Å². The summed E-state index contributed by atoms with van der Waals surface area (Å²) in [5.41, 5.74) is 0.124. The van der Waals surface area contributed by atoms with E-state index in [9.17, 15) is 23.2 Å². The number of hydrogen-bond donors (Lipinski definition) is 0. The predicted octanol–water partition coefficient (Wildman–Crippen LogP) is 0.542. The average Bonchev–Trinajstić information content (AvgIpc) is 3.04. The van der Waals surface area contributed by atoms with Crippen molar-refractivity contribution >= 4 is 35.4 Å². The molecule has 0 spiro atoms. The van der Waals surface area contributed by atoms with Gasteiger partial charge in [0.15, 0.2) is 0 Å². The number of benzene rings is 1. The van der Waals surface area contributed by atoms with Gasteiger partial charge in [-0.25, -0.2) is 4.79 Å². The third-order valence-electron chi connectivity index (χ3n) is 4.52. The fourth-order valence-electron chi connectivity index (χ4n) is 3.02. The van der Waals surface area contributed by atoms with E-state index in [4.69, 9.17) is 9.47 Å². The van der Waals surface area contributed by atoms with Gasteiger partial charge in [0.25, 0.3) is 5.56 Å². The molecule has 1 saturated heterocycles. The second kappa shape index (κ2) is 11.0. The maximum Gasteiger partial charge on any atom is 0.387 e. The highest BCUT2D eigenvalue weighted by Gasteiger charge is 2.19. The quantitative estimate of drug-likeness (QED) is 0.552. The van der Waals surface area contributed by atoms with Gasteiger partial charge in [-0.2, -0.15) is 8.78 Å². The zero-order chi connectivity index (χ0) is 23.1. The molecule has 1 fully saturated rings. The van der Waals surface area contributed by atoms with Crippen LogP contribution in [0.1, 0.15) is 12.5 Å². The minimum absolute atomic E-state index is 0.00631. The lowest BCUT2D eigenvalue weighted by molar-refractivity contribution is -0.136. The molecule has 2 aromatic rings. The van der Waals surface area contributed by atoms with E-state index in [1.165, 1.54) is 34.9 Å². The molecule has 3 rings (SSSR count). The number of thiazole rings is 1. The van der Waals surface area contributed by atoms with Gasteiger partial charge in [0.05, 0.1) is 30.4 Å². The summed E-state index contributed by atoms with van der Waals surface area (Å²) in [5, 5.41) is 0. The van der Waals surface area contributed by atoms with Gasteiger partial charge < -0.3 is 19.1 Å². The van der Waals surface area contributed by atoms with Crippen molar-refractivity contribution in [3.8, 4) is 5.75 Å². The lowest BCUT2D eigenvalue weighted by atomic mass is 10.2. The van der Waals surface area contributed by atoms with Crippen molar-refractivity contribution < 1.29 is 32.6 Å². The third kappa shape index (κ3) is 6.24. The van der Waals surface area contributed by atoms with Crippen molar-refractivity contribution in [2.45, 2.75) is 20.1 Å². The normalized spacial score (nSPS) is 15.3. The van der Waals surface area contributed by atoms with Crippen LogP contribution >= 0.6 is 11.3 Å². The van der Waals surface area contributed by atoms with Crippen molar-refractivity contribution in [2.24, 2.45) is 0 Å². The molecule has 0 aliphatic carbocycles. The van der Waals surface area contributed by atoms with Crippen LogP contribution in [-0.2, 0) is 25.6 Å². The first-order valence-electron chi connectivity index (χ1n) is 9.87. The number of alkyl halides is 2. The van der Waals surface area contributed by atoms with E-state index in [-0.39, 0.29) is 34.0 Å². The molecular formula is C21H22F2N2O6S. The van der Waals surface area contributed by atoms with E-state index in [1.54, 1.807) is 17.9 Å². The first-order chi connectivity index (χ1) is 15.4. The van der Waals surface area contributed by atoms with Crippen LogP contribution in [-0.4, -0.2) is 60.9 Å². The summed E-state index contributed by atoms with van der Waals surface area (Å²) < 4.78 is 40.9. The number of aromatic nitrogens is 1. The molecule has 0 unspecified atom stereocenters. The Bertz CT molecular complexity index is 1120. The fourth-order valence-corrected chi connectivity index (χ4v) is 4.05. The molecule has 0 N–H and O–H groups in total. The van der Waals surface area contributed by atoms with Crippen LogP contribution in [0.15, 0.2) is 29.1 Å². The average molecular weight is 468 g/mol. The van der Waals surface area contributed by atoms with Crippen molar-refractivity contribution in [3.63, 3.8) is 0 Å². The Hall–Kier alpha value is -3.05. The van der Waals surface area contributed by atoms with Gasteiger partial charge in [-0.05, 0) is 30.7 Å². The van der Waals surface area contributed by atoms with Crippen molar-refractivity contribution in [2.75, 3.05) is 32.9 Å². The summed E-state index contributed by atoms with van der Waals surface area (Å²) in [6.07, 6.45) is 2.73. The summed E-state index contributed by atoms with van der Waals surface area (Å²) in [4.78, 5) is 39.3. The maximum absolute atomic E-state index is 13.0. The summed E-state index contributed by atoms with van der Waals surface area (Å²) in [6, 6.07) is 5.76. The molecule has 172 valence electrons. The molecule has 0 bridgehead atoms. The molecular weight excluding hydrogens is 446 g/mol. The van der Waals surface area contributed by atoms with E-state index in [1.807, 2.05) is 0 Å². The highest BCUT2D eigenvalue weighted by Crippen LogP contribution is 2.15. The highest BCUT2D eigenvalue weighted by molar-refractivity contribution is 7.07. The van der Waals surface area contributed by atoms with Crippen LogP contribution in [0.3, 0.4) is 0 Å². The molecule has 1 aromatic heterocycles. The first kappa shape index (κ1) is 23.6. The van der Waals surface area contributed by atoms with Crippen molar-refractivity contribution in [1.82, 2.24) is 9.47 Å². The molecule has 8 nitrogen and oxygen atoms in total. The predicted molar refractivity (Wildman–Crippen MR) is 113 cm³/mol. The number of amides is 1. The molecule has 1 amide bonds. The largest absolute Gasteiger partial charge is 0.463 e. The van der Waals surface area contributed by atoms with Crippen molar-refractivity contribution in [1.29, 1.82) is 0 Å². The minimum atomic E-state index is -2.93. The van der Waals surface area contributed by atoms with Crippen LogP contribution in [0, 0.1) is 0 Å². The minimum Gasteiger partial charge on any atom is -0.463 e. The molecule has 32 heavy (non-hydrogen) atoms. The van der Waals surface area contributed by atoms with Gasteiger partial charge in [0.2, 0.25) is 5.91 Å². The van der Waals surface area contributed by atoms with Gasteiger partial charge in [0.1, 0.15) is 17.0 Å². The Balaban J connectivity index is 1.96. The maximum atomic E-state index is 13.0.